The SMILES string of the molecule is [2H]c1c([2H])c([2H])c2c(c1[2H])c1c3c(-c4ccc5ccccc5c4)cccc3ccc1n2-c1cccc(N(c2ccccc2)c2ccc(-c3ccccc3)cc2)c1. The Morgan fingerprint density at radius 3 is 1.88 bits per heavy atom. The summed E-state index contributed by atoms with van der Waals surface area (Å²) in [7, 11) is 0. The van der Waals surface area contributed by atoms with Crippen molar-refractivity contribution < 1.29 is 5.48 Å². The van der Waals surface area contributed by atoms with Crippen LogP contribution < -0.4 is 4.90 Å². The molecule has 9 aromatic carbocycles. The van der Waals surface area contributed by atoms with Gasteiger partial charge in [0.1, 0.15) is 0 Å². The van der Waals surface area contributed by atoms with E-state index >= 15 is 0 Å². The van der Waals surface area contributed by atoms with Crippen molar-refractivity contribution in [3.63, 3.8) is 0 Å². The van der Waals surface area contributed by atoms with Gasteiger partial charge in [-0.15, -0.1) is 0 Å². The summed E-state index contributed by atoms with van der Waals surface area (Å²) >= 11 is 0. The van der Waals surface area contributed by atoms with E-state index in [9.17, 15) is 2.74 Å². The van der Waals surface area contributed by atoms with E-state index in [1.807, 2.05) is 65.2 Å². The fourth-order valence-electron chi connectivity index (χ4n) is 7.68. The molecule has 1 heterocycles. The molecular formula is C50H34N2. The van der Waals surface area contributed by atoms with Crippen LogP contribution in [0, 0.1) is 0 Å². The fourth-order valence-corrected chi connectivity index (χ4v) is 7.68. The topological polar surface area (TPSA) is 8.17 Å². The van der Waals surface area contributed by atoms with Crippen LogP contribution in [0.5, 0.6) is 0 Å². The highest BCUT2D eigenvalue weighted by molar-refractivity contribution is 6.25. The highest BCUT2D eigenvalue weighted by Gasteiger charge is 2.19. The molecule has 10 aromatic rings. The Kier molecular flexibility index (Phi) is 6.22. The van der Waals surface area contributed by atoms with Crippen molar-refractivity contribution in [1.82, 2.24) is 4.57 Å². The van der Waals surface area contributed by atoms with Crippen molar-refractivity contribution >= 4 is 60.4 Å². The van der Waals surface area contributed by atoms with Gasteiger partial charge in [0.2, 0.25) is 0 Å². The van der Waals surface area contributed by atoms with Gasteiger partial charge in [-0.25, -0.2) is 0 Å². The molecule has 10 rings (SSSR count). The summed E-state index contributed by atoms with van der Waals surface area (Å²) < 4.78 is 38.3. The van der Waals surface area contributed by atoms with Crippen molar-refractivity contribution in [3.05, 3.63) is 206 Å². The van der Waals surface area contributed by atoms with Gasteiger partial charge in [0.15, 0.2) is 0 Å². The van der Waals surface area contributed by atoms with Gasteiger partial charge in [-0.3, -0.25) is 0 Å². The lowest BCUT2D eigenvalue weighted by atomic mass is 9.93. The first-order chi connectivity index (χ1) is 27.5. The highest BCUT2D eigenvalue weighted by Crippen LogP contribution is 2.43. The molecule has 0 spiro atoms. The quantitative estimate of drug-likeness (QED) is 0.171. The van der Waals surface area contributed by atoms with E-state index in [4.69, 9.17) is 2.74 Å². The third-order valence-corrected chi connectivity index (χ3v) is 10.1. The van der Waals surface area contributed by atoms with E-state index in [1.54, 1.807) is 0 Å². The van der Waals surface area contributed by atoms with E-state index in [0.29, 0.717) is 10.9 Å². The van der Waals surface area contributed by atoms with Crippen molar-refractivity contribution in [2.75, 3.05) is 4.90 Å². The third kappa shape index (κ3) is 5.04. The molecule has 2 nitrogen and oxygen atoms in total. The largest absolute Gasteiger partial charge is 0.310 e. The van der Waals surface area contributed by atoms with Crippen LogP contribution in [0.4, 0.5) is 17.1 Å². The fraction of sp³-hybridized carbons (Fsp3) is 0. The lowest BCUT2D eigenvalue weighted by Gasteiger charge is -2.26. The smallest absolute Gasteiger partial charge is 0.0645 e. The Bertz CT molecular complexity index is 3120. The van der Waals surface area contributed by atoms with E-state index in [-0.39, 0.29) is 24.2 Å². The van der Waals surface area contributed by atoms with Crippen LogP contribution in [-0.2, 0) is 0 Å². The van der Waals surface area contributed by atoms with E-state index < -0.39 is 0 Å². The standard InChI is InChI=1S/C50H34N2/c1-3-13-35(14-4-1)37-27-30-42(31-28-37)51(41-18-5-2-6-19-41)43-20-12-21-44(34-43)52-47-24-10-9-22-46(47)50-48(52)32-29-38-17-11-23-45(49(38)50)40-26-25-36-15-7-8-16-39(36)33-40/h1-34H/i9D,10D,22D,24D. The molecule has 0 saturated carbocycles. The van der Waals surface area contributed by atoms with Crippen LogP contribution in [0.3, 0.4) is 0 Å². The maximum absolute atomic E-state index is 9.34. The number of fused-ring (bicyclic) bond motifs is 6. The second-order valence-corrected chi connectivity index (χ2v) is 13.1. The molecule has 0 saturated heterocycles. The number of aromatic nitrogens is 1. The van der Waals surface area contributed by atoms with Crippen molar-refractivity contribution in [3.8, 4) is 27.9 Å². The minimum absolute atomic E-state index is 0.0499. The number of para-hydroxylation sites is 2. The lowest BCUT2D eigenvalue weighted by Crippen LogP contribution is -2.10. The van der Waals surface area contributed by atoms with E-state index in [1.165, 1.54) is 0 Å². The summed E-state index contributed by atoms with van der Waals surface area (Å²) in [6.07, 6.45) is 0. The van der Waals surface area contributed by atoms with Gasteiger partial charge in [-0.05, 0) is 104 Å². The van der Waals surface area contributed by atoms with Crippen LogP contribution in [0.1, 0.15) is 5.48 Å². The average molecular weight is 667 g/mol. The van der Waals surface area contributed by atoms with Crippen molar-refractivity contribution in [1.29, 1.82) is 0 Å². The van der Waals surface area contributed by atoms with Crippen LogP contribution in [0.25, 0.3) is 71.3 Å². The number of hydrogen-bond acceptors (Lipinski definition) is 1. The molecular weight excluding hydrogens is 629 g/mol. The monoisotopic (exact) mass is 666 g/mol. The van der Waals surface area contributed by atoms with E-state index in [2.05, 4.69) is 126 Å². The Labute approximate surface area is 308 Å². The Hall–Kier alpha value is -6.90. The molecule has 0 aliphatic heterocycles. The molecule has 2 heteroatoms. The molecule has 0 fully saturated rings. The predicted octanol–water partition coefficient (Wildman–Crippen LogP) is 13.9. The van der Waals surface area contributed by atoms with Gasteiger partial charge in [0.25, 0.3) is 0 Å². The molecule has 244 valence electrons. The van der Waals surface area contributed by atoms with Gasteiger partial charge >= 0.3 is 0 Å². The molecule has 0 unspecified atom stereocenters. The van der Waals surface area contributed by atoms with Crippen LogP contribution in [0.15, 0.2) is 206 Å². The van der Waals surface area contributed by atoms with Gasteiger partial charge in [-0.2, -0.15) is 0 Å². The minimum Gasteiger partial charge on any atom is -0.310 e. The van der Waals surface area contributed by atoms with Gasteiger partial charge in [0.05, 0.1) is 16.5 Å². The first-order valence-electron chi connectivity index (χ1n) is 19.5. The summed E-state index contributed by atoms with van der Waals surface area (Å²) in [5.74, 6) is 0. The second kappa shape index (κ2) is 12.5. The maximum atomic E-state index is 9.34. The Morgan fingerprint density at radius 1 is 0.404 bits per heavy atom. The third-order valence-electron chi connectivity index (χ3n) is 10.1. The van der Waals surface area contributed by atoms with Crippen LogP contribution in [0.2, 0.25) is 0 Å². The molecule has 0 amide bonds. The molecule has 52 heavy (non-hydrogen) atoms. The van der Waals surface area contributed by atoms with E-state index in [0.717, 1.165) is 77.5 Å². The van der Waals surface area contributed by atoms with Crippen molar-refractivity contribution in [2.45, 2.75) is 0 Å². The number of rotatable bonds is 6. The molecule has 0 radical (unpaired) electrons. The normalized spacial score (nSPS) is 12.5. The van der Waals surface area contributed by atoms with Crippen molar-refractivity contribution in [2.24, 2.45) is 0 Å². The number of benzene rings is 9. The second-order valence-electron chi connectivity index (χ2n) is 13.1. The number of anilines is 3. The number of hydrogen-bond donors (Lipinski definition) is 0. The lowest BCUT2D eigenvalue weighted by molar-refractivity contribution is 1.17. The molecule has 0 N–H and O–H groups in total. The molecule has 0 aliphatic carbocycles. The molecule has 1 aromatic heterocycles. The Balaban J connectivity index is 1.23. The first-order valence-corrected chi connectivity index (χ1v) is 17.5. The zero-order valence-corrected chi connectivity index (χ0v) is 28.2. The van der Waals surface area contributed by atoms with Gasteiger partial charge in [0, 0.05) is 33.5 Å². The van der Waals surface area contributed by atoms with Gasteiger partial charge in [-0.1, -0.05) is 146 Å². The zero-order chi connectivity index (χ0) is 37.9. The number of nitrogens with zero attached hydrogens (tertiary/aromatic N) is 2. The zero-order valence-electron chi connectivity index (χ0n) is 32.2. The van der Waals surface area contributed by atoms with Crippen LogP contribution in [-0.4, -0.2) is 4.57 Å². The Morgan fingerprint density at radius 2 is 1.04 bits per heavy atom. The molecule has 0 bridgehead atoms. The average Bonchev–Trinajstić information content (AvgIpc) is 3.61. The molecule has 0 atom stereocenters. The summed E-state index contributed by atoms with van der Waals surface area (Å²) in [6, 6.07) is 62.0. The highest BCUT2D eigenvalue weighted by atomic mass is 15.1. The van der Waals surface area contributed by atoms with Crippen LogP contribution >= 0.6 is 0 Å². The first kappa shape index (κ1) is 26.0. The summed E-state index contributed by atoms with van der Waals surface area (Å²) in [5.41, 5.74) is 9.27. The maximum Gasteiger partial charge on any atom is 0.0645 e. The summed E-state index contributed by atoms with van der Waals surface area (Å²) in [5, 5.41) is 5.55. The summed E-state index contributed by atoms with van der Waals surface area (Å²) in [4.78, 5) is 2.22. The van der Waals surface area contributed by atoms with Gasteiger partial charge < -0.3 is 9.47 Å². The minimum atomic E-state index is -0.258. The molecule has 0 aliphatic rings. The summed E-state index contributed by atoms with van der Waals surface area (Å²) in [6.45, 7) is 0. The predicted molar refractivity (Wildman–Crippen MR) is 221 cm³/mol.